The number of benzene rings is 3. The first-order chi connectivity index (χ1) is 12.8. The van der Waals surface area contributed by atoms with E-state index in [2.05, 4.69) is 18.2 Å². The minimum absolute atomic E-state index is 0.0922. The van der Waals surface area contributed by atoms with Gasteiger partial charge in [0.05, 0.1) is 0 Å². The lowest BCUT2D eigenvalue weighted by Crippen LogP contribution is -2.36. The van der Waals surface area contributed by atoms with Gasteiger partial charge >= 0.3 is 0 Å². The number of nitrogens with zero attached hydrogens (tertiary/aromatic N) is 1. The van der Waals surface area contributed by atoms with Crippen molar-refractivity contribution >= 4 is 17.6 Å². The van der Waals surface area contributed by atoms with Crippen molar-refractivity contribution in [2.75, 3.05) is 6.54 Å². The lowest BCUT2D eigenvalue weighted by atomic mass is 9.97. The smallest absolute Gasteiger partial charge is 0.254 e. The summed E-state index contributed by atoms with van der Waals surface area (Å²) in [4.78, 5) is 15.3. The molecular formula is C24H21NO. The van der Waals surface area contributed by atoms with Crippen LogP contribution in [0.1, 0.15) is 22.3 Å². The Bertz CT molecular complexity index is 929. The van der Waals surface area contributed by atoms with Crippen LogP contribution < -0.4 is 0 Å². The Kier molecular flexibility index (Phi) is 4.65. The average molecular weight is 339 g/mol. The number of carbonyl (C=O) groups is 1. The summed E-state index contributed by atoms with van der Waals surface area (Å²) in [5, 5.41) is 0. The predicted octanol–water partition coefficient (Wildman–Crippen LogP) is 4.81. The summed E-state index contributed by atoms with van der Waals surface area (Å²) >= 11 is 0. The number of hydrogen-bond donors (Lipinski definition) is 0. The fraction of sp³-hybridized carbons (Fsp3) is 0.125. The molecular weight excluding hydrogens is 318 g/mol. The average Bonchev–Trinajstić information content (AvgIpc) is 2.72. The van der Waals surface area contributed by atoms with Gasteiger partial charge in [-0.25, -0.2) is 0 Å². The highest BCUT2D eigenvalue weighted by Crippen LogP contribution is 2.25. The van der Waals surface area contributed by atoms with Crippen LogP contribution in [0.15, 0.2) is 84.9 Å². The zero-order valence-electron chi connectivity index (χ0n) is 14.6. The molecule has 2 nitrogen and oxygen atoms in total. The predicted molar refractivity (Wildman–Crippen MR) is 106 cm³/mol. The molecule has 0 radical (unpaired) electrons. The highest BCUT2D eigenvalue weighted by Gasteiger charge is 2.23. The molecule has 0 unspecified atom stereocenters. The zero-order valence-corrected chi connectivity index (χ0v) is 14.6. The first-order valence-corrected chi connectivity index (χ1v) is 8.99. The van der Waals surface area contributed by atoms with Crippen LogP contribution in [0, 0.1) is 0 Å². The summed E-state index contributed by atoms with van der Waals surface area (Å²) in [5.41, 5.74) is 5.34. The Morgan fingerprint density at radius 2 is 1.38 bits per heavy atom. The van der Waals surface area contributed by atoms with Gasteiger partial charge in [0.1, 0.15) is 0 Å². The van der Waals surface area contributed by atoms with E-state index in [1.165, 1.54) is 11.1 Å². The molecule has 1 aliphatic rings. The number of carbonyl (C=O) groups excluding carboxylic acids is 1. The van der Waals surface area contributed by atoms with Gasteiger partial charge in [0.2, 0.25) is 0 Å². The van der Waals surface area contributed by atoms with Crippen LogP contribution in [0.2, 0.25) is 0 Å². The van der Waals surface area contributed by atoms with E-state index in [4.69, 9.17) is 0 Å². The molecule has 0 aliphatic carbocycles. The van der Waals surface area contributed by atoms with E-state index in [9.17, 15) is 4.79 Å². The largest absolute Gasteiger partial charge is 0.334 e. The van der Waals surface area contributed by atoms with Crippen molar-refractivity contribution in [3.63, 3.8) is 0 Å². The molecule has 1 amide bonds. The van der Waals surface area contributed by atoms with E-state index in [1.807, 2.05) is 77.7 Å². The molecule has 0 atom stereocenters. The van der Waals surface area contributed by atoms with Gasteiger partial charge < -0.3 is 4.90 Å². The second-order valence-electron chi connectivity index (χ2n) is 6.58. The fourth-order valence-corrected chi connectivity index (χ4v) is 3.44. The first kappa shape index (κ1) is 16.3. The quantitative estimate of drug-likeness (QED) is 0.495. The summed E-state index contributed by atoms with van der Waals surface area (Å²) in [6.07, 6.45) is 2.91. The van der Waals surface area contributed by atoms with E-state index in [-0.39, 0.29) is 5.91 Å². The summed E-state index contributed by atoms with van der Waals surface area (Å²) in [5.74, 6) is 0.0922. The van der Waals surface area contributed by atoms with Gasteiger partial charge in [0.25, 0.3) is 5.91 Å². The molecule has 0 N–H and O–H groups in total. The van der Waals surface area contributed by atoms with Gasteiger partial charge in [-0.1, -0.05) is 84.9 Å². The van der Waals surface area contributed by atoms with Crippen molar-refractivity contribution in [1.29, 1.82) is 0 Å². The van der Waals surface area contributed by atoms with Crippen molar-refractivity contribution in [3.8, 4) is 0 Å². The van der Waals surface area contributed by atoms with Crippen LogP contribution in [0.3, 0.4) is 0 Å². The maximum absolute atomic E-state index is 13.4. The second kappa shape index (κ2) is 7.40. The third kappa shape index (κ3) is 3.45. The Hall–Kier alpha value is -3.13. The first-order valence-electron chi connectivity index (χ1n) is 8.99. The van der Waals surface area contributed by atoms with Crippen molar-refractivity contribution in [2.24, 2.45) is 0 Å². The summed E-state index contributed by atoms with van der Waals surface area (Å²) in [6.45, 7) is 1.43. The molecule has 0 aromatic heterocycles. The van der Waals surface area contributed by atoms with Crippen LogP contribution in [0.4, 0.5) is 0 Å². The van der Waals surface area contributed by atoms with E-state index in [0.717, 1.165) is 29.7 Å². The van der Waals surface area contributed by atoms with Gasteiger partial charge in [0, 0.05) is 18.7 Å². The van der Waals surface area contributed by atoms with Crippen LogP contribution in [-0.4, -0.2) is 17.4 Å². The van der Waals surface area contributed by atoms with Crippen molar-refractivity contribution in [2.45, 2.75) is 13.0 Å². The fourth-order valence-electron chi connectivity index (χ4n) is 3.44. The van der Waals surface area contributed by atoms with Gasteiger partial charge in [-0.05, 0) is 34.8 Å². The summed E-state index contributed by atoms with van der Waals surface area (Å²) in [6, 6.07) is 28.4. The molecule has 1 heterocycles. The molecule has 0 saturated carbocycles. The normalized spacial score (nSPS) is 14.0. The summed E-state index contributed by atoms with van der Waals surface area (Å²) < 4.78 is 0. The molecule has 3 aromatic carbocycles. The Balaban J connectivity index is 1.68. The van der Waals surface area contributed by atoms with Crippen molar-refractivity contribution in [1.82, 2.24) is 4.90 Å². The van der Waals surface area contributed by atoms with E-state index in [0.29, 0.717) is 6.54 Å². The van der Waals surface area contributed by atoms with Crippen LogP contribution in [0.5, 0.6) is 0 Å². The molecule has 4 rings (SSSR count). The minimum atomic E-state index is 0.0922. The van der Waals surface area contributed by atoms with Crippen LogP contribution in [-0.2, 0) is 17.8 Å². The zero-order chi connectivity index (χ0) is 17.8. The van der Waals surface area contributed by atoms with Gasteiger partial charge in [-0.15, -0.1) is 0 Å². The minimum Gasteiger partial charge on any atom is -0.334 e. The molecule has 2 heteroatoms. The summed E-state index contributed by atoms with van der Waals surface area (Å²) in [7, 11) is 0. The molecule has 0 spiro atoms. The molecule has 1 aliphatic heterocycles. The topological polar surface area (TPSA) is 20.3 Å². The third-order valence-corrected chi connectivity index (χ3v) is 4.84. The molecule has 3 aromatic rings. The Morgan fingerprint density at radius 3 is 2.12 bits per heavy atom. The van der Waals surface area contributed by atoms with Crippen molar-refractivity contribution < 1.29 is 4.79 Å². The van der Waals surface area contributed by atoms with Crippen LogP contribution >= 0.6 is 0 Å². The monoisotopic (exact) mass is 339 g/mol. The molecule has 0 fully saturated rings. The maximum Gasteiger partial charge on any atom is 0.254 e. The third-order valence-electron chi connectivity index (χ3n) is 4.84. The van der Waals surface area contributed by atoms with Crippen LogP contribution in [0.25, 0.3) is 11.6 Å². The molecule has 26 heavy (non-hydrogen) atoms. The SMILES string of the molecule is O=C(C(=Cc1ccccc1)c1ccccc1)N1CCc2ccccc2C1. The molecule has 0 saturated heterocycles. The Labute approximate surface area is 154 Å². The highest BCUT2D eigenvalue weighted by molar-refractivity contribution is 6.24. The van der Waals surface area contributed by atoms with E-state index < -0.39 is 0 Å². The molecule has 128 valence electrons. The van der Waals surface area contributed by atoms with Crippen molar-refractivity contribution in [3.05, 3.63) is 107 Å². The molecule has 0 bridgehead atoms. The van der Waals surface area contributed by atoms with Gasteiger partial charge in [0.15, 0.2) is 0 Å². The number of hydrogen-bond acceptors (Lipinski definition) is 1. The Morgan fingerprint density at radius 1 is 0.769 bits per heavy atom. The number of amides is 1. The lowest BCUT2D eigenvalue weighted by Gasteiger charge is -2.29. The standard InChI is InChI=1S/C24H21NO/c26-24(25-16-15-20-11-7-8-14-22(20)18-25)23(21-12-5-2-6-13-21)17-19-9-3-1-4-10-19/h1-14,17H,15-16,18H2. The van der Waals surface area contributed by atoms with Gasteiger partial charge in [-0.2, -0.15) is 0 Å². The number of fused-ring (bicyclic) bond motifs is 1. The second-order valence-corrected chi connectivity index (χ2v) is 6.58. The maximum atomic E-state index is 13.4. The number of rotatable bonds is 3. The highest BCUT2D eigenvalue weighted by atomic mass is 16.2. The van der Waals surface area contributed by atoms with Gasteiger partial charge in [-0.3, -0.25) is 4.79 Å². The lowest BCUT2D eigenvalue weighted by molar-refractivity contribution is -0.125. The van der Waals surface area contributed by atoms with E-state index in [1.54, 1.807) is 0 Å². The van der Waals surface area contributed by atoms with E-state index >= 15 is 0 Å².